The fourth-order valence-electron chi connectivity index (χ4n) is 2.46. The van der Waals surface area contributed by atoms with Crippen molar-refractivity contribution in [1.29, 1.82) is 0 Å². The fraction of sp³-hybridized carbons (Fsp3) is 0.846. The molecule has 1 saturated heterocycles. The van der Waals surface area contributed by atoms with Crippen molar-refractivity contribution in [2.75, 3.05) is 32.6 Å². The van der Waals surface area contributed by atoms with Crippen LogP contribution >= 0.6 is 0 Å². The maximum absolute atomic E-state index is 11.5. The minimum atomic E-state index is -3.13. The molecule has 118 valence electrons. The second kappa shape index (κ2) is 6.02. The molecule has 0 amide bonds. The molecule has 0 spiro atoms. The number of nitrogens with zero attached hydrogens (tertiary/aromatic N) is 3. The van der Waals surface area contributed by atoms with Crippen LogP contribution in [0.15, 0.2) is 4.52 Å². The first kappa shape index (κ1) is 14.9. The third-order valence-electron chi connectivity index (χ3n) is 3.97. The molecule has 0 radical (unpaired) electrons. The van der Waals surface area contributed by atoms with E-state index in [-0.39, 0.29) is 5.92 Å². The molecule has 0 aromatic carbocycles. The zero-order valence-corrected chi connectivity index (χ0v) is 13.0. The highest BCUT2D eigenvalue weighted by molar-refractivity contribution is 7.88. The lowest BCUT2D eigenvalue weighted by molar-refractivity contribution is 0.125. The molecule has 0 bridgehead atoms. The Labute approximate surface area is 124 Å². The quantitative estimate of drug-likeness (QED) is 0.692. The molecule has 1 saturated carbocycles. The largest absolute Gasteiger partial charge is 0.381 e. The first-order valence-electron chi connectivity index (χ1n) is 7.37. The third kappa shape index (κ3) is 4.02. The molecule has 1 aromatic rings. The van der Waals surface area contributed by atoms with Gasteiger partial charge in [-0.15, -0.1) is 0 Å². The van der Waals surface area contributed by atoms with Gasteiger partial charge in [0, 0.05) is 26.1 Å². The molecule has 1 unspecified atom stereocenters. The van der Waals surface area contributed by atoms with Gasteiger partial charge in [0.15, 0.2) is 5.82 Å². The van der Waals surface area contributed by atoms with Gasteiger partial charge in [-0.3, -0.25) is 0 Å². The topological polar surface area (TPSA) is 85.5 Å². The molecule has 1 atom stereocenters. The van der Waals surface area contributed by atoms with Gasteiger partial charge in [0.05, 0.1) is 18.8 Å². The summed E-state index contributed by atoms with van der Waals surface area (Å²) in [5, 5.41) is 3.95. The SMILES string of the molecule is CS(=O)(=O)N1CCC(c2nc(CCOCC3CC3)no2)C1. The molecule has 1 aromatic heterocycles. The van der Waals surface area contributed by atoms with Crippen LogP contribution in [-0.2, 0) is 21.2 Å². The Morgan fingerprint density at radius 3 is 2.86 bits per heavy atom. The molecular formula is C13H21N3O4S. The Balaban J connectivity index is 1.48. The Morgan fingerprint density at radius 1 is 1.38 bits per heavy atom. The van der Waals surface area contributed by atoms with Gasteiger partial charge in [-0.2, -0.15) is 4.98 Å². The number of rotatable bonds is 7. The standard InChI is InChI=1S/C13H21N3O4S/c1-21(17,18)16-6-4-11(8-16)13-14-12(15-20-13)5-7-19-9-10-2-3-10/h10-11H,2-9H2,1H3. The van der Waals surface area contributed by atoms with Gasteiger partial charge in [-0.25, -0.2) is 12.7 Å². The number of hydrogen-bond donors (Lipinski definition) is 0. The van der Waals surface area contributed by atoms with E-state index in [4.69, 9.17) is 9.26 Å². The average molecular weight is 315 g/mol. The summed E-state index contributed by atoms with van der Waals surface area (Å²) >= 11 is 0. The van der Waals surface area contributed by atoms with Crippen LogP contribution in [0.3, 0.4) is 0 Å². The van der Waals surface area contributed by atoms with Crippen molar-refractivity contribution in [1.82, 2.24) is 14.4 Å². The summed E-state index contributed by atoms with van der Waals surface area (Å²) < 4.78 is 35.3. The van der Waals surface area contributed by atoms with E-state index in [1.165, 1.54) is 23.4 Å². The zero-order valence-electron chi connectivity index (χ0n) is 12.2. The van der Waals surface area contributed by atoms with Crippen molar-refractivity contribution in [3.05, 3.63) is 11.7 Å². The van der Waals surface area contributed by atoms with Gasteiger partial charge in [0.1, 0.15) is 0 Å². The lowest BCUT2D eigenvalue weighted by Crippen LogP contribution is -2.27. The predicted molar refractivity (Wildman–Crippen MR) is 75.3 cm³/mol. The molecule has 2 heterocycles. The number of hydrogen-bond acceptors (Lipinski definition) is 6. The first-order valence-corrected chi connectivity index (χ1v) is 9.22. The van der Waals surface area contributed by atoms with E-state index in [9.17, 15) is 8.42 Å². The van der Waals surface area contributed by atoms with Crippen LogP contribution in [0.5, 0.6) is 0 Å². The van der Waals surface area contributed by atoms with Gasteiger partial charge < -0.3 is 9.26 Å². The molecule has 0 N–H and O–H groups in total. The van der Waals surface area contributed by atoms with Gasteiger partial charge >= 0.3 is 0 Å². The van der Waals surface area contributed by atoms with Crippen molar-refractivity contribution in [3.8, 4) is 0 Å². The Morgan fingerprint density at radius 2 is 2.19 bits per heavy atom. The van der Waals surface area contributed by atoms with Crippen LogP contribution in [0.2, 0.25) is 0 Å². The van der Waals surface area contributed by atoms with Crippen LogP contribution in [0.25, 0.3) is 0 Å². The normalized spacial score (nSPS) is 23.8. The Kier molecular flexibility index (Phi) is 4.28. The fourth-order valence-corrected chi connectivity index (χ4v) is 3.35. The van der Waals surface area contributed by atoms with Crippen LogP contribution in [0, 0.1) is 5.92 Å². The highest BCUT2D eigenvalue weighted by Gasteiger charge is 2.32. The zero-order chi connectivity index (χ0) is 14.9. The minimum Gasteiger partial charge on any atom is -0.381 e. The summed E-state index contributed by atoms with van der Waals surface area (Å²) in [5.74, 6) is 1.94. The van der Waals surface area contributed by atoms with Gasteiger partial charge in [0.2, 0.25) is 15.9 Å². The molecule has 1 aliphatic heterocycles. The van der Waals surface area contributed by atoms with E-state index in [0.29, 0.717) is 37.8 Å². The monoisotopic (exact) mass is 315 g/mol. The van der Waals surface area contributed by atoms with Crippen molar-refractivity contribution in [3.63, 3.8) is 0 Å². The predicted octanol–water partition coefficient (Wildman–Crippen LogP) is 0.788. The molecule has 2 aliphatic rings. The number of sulfonamides is 1. The van der Waals surface area contributed by atoms with E-state index in [2.05, 4.69) is 10.1 Å². The Hall–Kier alpha value is -0.990. The number of aromatic nitrogens is 2. The Bertz CT molecular complexity index is 582. The lowest BCUT2D eigenvalue weighted by atomic mass is 10.1. The highest BCUT2D eigenvalue weighted by Crippen LogP contribution is 2.29. The molecule has 3 rings (SSSR count). The van der Waals surface area contributed by atoms with E-state index < -0.39 is 10.0 Å². The molecular weight excluding hydrogens is 294 g/mol. The summed E-state index contributed by atoms with van der Waals surface area (Å²) in [4.78, 5) is 4.36. The van der Waals surface area contributed by atoms with Crippen molar-refractivity contribution < 1.29 is 17.7 Å². The highest BCUT2D eigenvalue weighted by atomic mass is 32.2. The van der Waals surface area contributed by atoms with Gasteiger partial charge in [-0.1, -0.05) is 5.16 Å². The molecule has 21 heavy (non-hydrogen) atoms. The summed E-state index contributed by atoms with van der Waals surface area (Å²) in [6.07, 6.45) is 5.16. The molecule has 1 aliphatic carbocycles. The van der Waals surface area contributed by atoms with Crippen molar-refractivity contribution in [2.24, 2.45) is 5.92 Å². The van der Waals surface area contributed by atoms with Crippen LogP contribution in [0.4, 0.5) is 0 Å². The average Bonchev–Trinajstić information content (AvgIpc) is 2.92. The number of ether oxygens (including phenoxy) is 1. The molecule has 2 fully saturated rings. The van der Waals surface area contributed by atoms with E-state index >= 15 is 0 Å². The van der Waals surface area contributed by atoms with E-state index in [1.54, 1.807) is 0 Å². The minimum absolute atomic E-state index is 0.00774. The van der Waals surface area contributed by atoms with Crippen LogP contribution < -0.4 is 0 Å². The second-order valence-electron chi connectivity index (χ2n) is 5.92. The third-order valence-corrected chi connectivity index (χ3v) is 5.24. The van der Waals surface area contributed by atoms with Crippen LogP contribution in [0.1, 0.15) is 36.9 Å². The van der Waals surface area contributed by atoms with Gasteiger partial charge in [-0.05, 0) is 25.2 Å². The summed E-state index contributed by atoms with van der Waals surface area (Å²) in [6, 6.07) is 0. The second-order valence-corrected chi connectivity index (χ2v) is 7.91. The van der Waals surface area contributed by atoms with Crippen LogP contribution in [-0.4, -0.2) is 55.4 Å². The lowest BCUT2D eigenvalue weighted by Gasteiger charge is -2.11. The summed E-state index contributed by atoms with van der Waals surface area (Å²) in [7, 11) is -3.13. The van der Waals surface area contributed by atoms with Gasteiger partial charge in [0.25, 0.3) is 0 Å². The maximum Gasteiger partial charge on any atom is 0.231 e. The summed E-state index contributed by atoms with van der Waals surface area (Å²) in [5.41, 5.74) is 0. The smallest absolute Gasteiger partial charge is 0.231 e. The van der Waals surface area contributed by atoms with E-state index in [0.717, 1.165) is 18.9 Å². The first-order chi connectivity index (χ1) is 10.0. The maximum atomic E-state index is 11.5. The molecule has 8 heteroatoms. The van der Waals surface area contributed by atoms with Crippen molar-refractivity contribution >= 4 is 10.0 Å². The van der Waals surface area contributed by atoms with E-state index in [1.807, 2.05) is 0 Å². The molecule has 7 nitrogen and oxygen atoms in total. The summed E-state index contributed by atoms with van der Waals surface area (Å²) in [6.45, 7) is 2.39. The van der Waals surface area contributed by atoms with Crippen molar-refractivity contribution in [2.45, 2.75) is 31.6 Å².